The van der Waals surface area contributed by atoms with Gasteiger partial charge in [-0.2, -0.15) is 0 Å². The third-order valence-corrected chi connectivity index (χ3v) is 4.37. The van der Waals surface area contributed by atoms with Gasteiger partial charge in [-0.25, -0.2) is 4.79 Å². The fraction of sp³-hybridized carbons (Fsp3) is 0.571. The smallest absolute Gasteiger partial charge is 0.345 e. The van der Waals surface area contributed by atoms with Crippen LogP contribution in [-0.4, -0.2) is 29.7 Å². The summed E-state index contributed by atoms with van der Waals surface area (Å²) in [4.78, 5) is 23.6. The number of nitrogens with one attached hydrogen (secondary N) is 1. The molecule has 5 nitrogen and oxygen atoms in total. The first kappa shape index (κ1) is 15.0. The highest BCUT2D eigenvalue weighted by Gasteiger charge is 2.15. The Balaban J connectivity index is 1.67. The number of aromatic carboxylic acids is 1. The maximum absolute atomic E-state index is 11.7. The summed E-state index contributed by atoms with van der Waals surface area (Å²) in [6, 6.07) is 3.29. The zero-order valence-electron chi connectivity index (χ0n) is 11.3. The Labute approximate surface area is 121 Å². The average molecular weight is 297 g/mol. The molecule has 1 saturated heterocycles. The minimum absolute atomic E-state index is 0.00977. The summed E-state index contributed by atoms with van der Waals surface area (Å²) >= 11 is 1.19. The van der Waals surface area contributed by atoms with Crippen LogP contribution in [0.4, 0.5) is 0 Å². The molecule has 2 heterocycles. The van der Waals surface area contributed by atoms with Crippen LogP contribution in [0.25, 0.3) is 0 Å². The topological polar surface area (TPSA) is 75.6 Å². The lowest BCUT2D eigenvalue weighted by molar-refractivity contribution is -0.122. The second-order valence-electron chi connectivity index (χ2n) is 4.88. The van der Waals surface area contributed by atoms with Gasteiger partial charge in [0.25, 0.3) is 0 Å². The minimum Gasteiger partial charge on any atom is -0.477 e. The maximum Gasteiger partial charge on any atom is 0.345 e. The zero-order valence-corrected chi connectivity index (χ0v) is 12.1. The van der Waals surface area contributed by atoms with Gasteiger partial charge < -0.3 is 15.2 Å². The zero-order chi connectivity index (χ0) is 14.4. The molecule has 1 aliphatic heterocycles. The standard InChI is InChI=1S/C14H19NO4S/c16-13(7-4-10-3-1-2-8-19-10)15-9-11-5-6-12(20-11)14(17)18/h5-6,10H,1-4,7-9H2,(H,15,16)(H,17,18). The van der Waals surface area contributed by atoms with E-state index in [1.165, 1.54) is 17.8 Å². The number of carbonyl (C=O) groups is 2. The molecule has 1 unspecified atom stereocenters. The summed E-state index contributed by atoms with van der Waals surface area (Å²) in [5.74, 6) is -0.938. The van der Waals surface area contributed by atoms with E-state index in [0.29, 0.717) is 17.8 Å². The van der Waals surface area contributed by atoms with E-state index < -0.39 is 5.97 Å². The van der Waals surface area contributed by atoms with Crippen LogP contribution < -0.4 is 5.32 Å². The molecular weight excluding hydrogens is 278 g/mol. The van der Waals surface area contributed by atoms with E-state index in [2.05, 4.69) is 5.32 Å². The van der Waals surface area contributed by atoms with Crippen LogP contribution in [0.5, 0.6) is 0 Å². The van der Waals surface area contributed by atoms with Gasteiger partial charge in [-0.15, -0.1) is 11.3 Å². The number of carboxylic acids is 1. The quantitative estimate of drug-likeness (QED) is 0.845. The van der Waals surface area contributed by atoms with E-state index in [9.17, 15) is 9.59 Å². The van der Waals surface area contributed by atoms with E-state index in [0.717, 1.165) is 30.7 Å². The molecule has 1 aliphatic rings. The molecule has 1 fully saturated rings. The molecule has 1 amide bonds. The Morgan fingerprint density at radius 2 is 2.25 bits per heavy atom. The first-order valence-electron chi connectivity index (χ1n) is 6.85. The molecule has 1 aromatic rings. The normalized spacial score (nSPS) is 18.7. The molecule has 0 spiro atoms. The summed E-state index contributed by atoms with van der Waals surface area (Å²) in [7, 11) is 0. The van der Waals surface area contributed by atoms with Crippen molar-refractivity contribution in [3.05, 3.63) is 21.9 Å². The Morgan fingerprint density at radius 1 is 1.40 bits per heavy atom. The van der Waals surface area contributed by atoms with Gasteiger partial charge in [-0.05, 0) is 37.8 Å². The summed E-state index contributed by atoms with van der Waals surface area (Å²) in [6.07, 6.45) is 4.78. The summed E-state index contributed by atoms with van der Waals surface area (Å²) in [5, 5.41) is 11.6. The third-order valence-electron chi connectivity index (χ3n) is 3.30. The van der Waals surface area contributed by atoms with Crippen LogP contribution in [0.2, 0.25) is 0 Å². The number of carboxylic acid groups (broad SMARTS) is 1. The van der Waals surface area contributed by atoms with E-state index in [1.807, 2.05) is 0 Å². The number of ether oxygens (including phenoxy) is 1. The van der Waals surface area contributed by atoms with Crippen molar-refractivity contribution in [2.24, 2.45) is 0 Å². The second kappa shape index (κ2) is 7.40. The molecule has 0 bridgehead atoms. The molecule has 110 valence electrons. The minimum atomic E-state index is -0.929. The summed E-state index contributed by atoms with van der Waals surface area (Å²) in [5.41, 5.74) is 0. The molecule has 1 atom stereocenters. The van der Waals surface area contributed by atoms with Gasteiger partial charge in [0.15, 0.2) is 0 Å². The van der Waals surface area contributed by atoms with Gasteiger partial charge in [0.1, 0.15) is 4.88 Å². The van der Waals surface area contributed by atoms with Crippen LogP contribution in [0.1, 0.15) is 46.7 Å². The van der Waals surface area contributed by atoms with Crippen LogP contribution in [0.15, 0.2) is 12.1 Å². The molecule has 0 saturated carbocycles. The van der Waals surface area contributed by atoms with Gasteiger partial charge >= 0.3 is 5.97 Å². The SMILES string of the molecule is O=C(CCC1CCCCO1)NCc1ccc(C(=O)O)s1. The van der Waals surface area contributed by atoms with E-state index >= 15 is 0 Å². The molecule has 2 N–H and O–H groups in total. The lowest BCUT2D eigenvalue weighted by Gasteiger charge is -2.22. The first-order chi connectivity index (χ1) is 9.65. The predicted octanol–water partition coefficient (Wildman–Crippen LogP) is 2.41. The second-order valence-corrected chi connectivity index (χ2v) is 6.04. The van der Waals surface area contributed by atoms with Crippen molar-refractivity contribution in [3.63, 3.8) is 0 Å². The van der Waals surface area contributed by atoms with E-state index in [1.54, 1.807) is 12.1 Å². The average Bonchev–Trinajstić information content (AvgIpc) is 2.93. The molecule has 20 heavy (non-hydrogen) atoms. The first-order valence-corrected chi connectivity index (χ1v) is 7.67. The van der Waals surface area contributed by atoms with Gasteiger partial charge in [0.05, 0.1) is 12.6 Å². The van der Waals surface area contributed by atoms with Gasteiger partial charge in [0.2, 0.25) is 5.91 Å². The summed E-state index contributed by atoms with van der Waals surface area (Å²) < 4.78 is 5.58. The highest BCUT2D eigenvalue weighted by Crippen LogP contribution is 2.18. The lowest BCUT2D eigenvalue weighted by Crippen LogP contribution is -2.25. The van der Waals surface area contributed by atoms with Crippen molar-refractivity contribution in [1.29, 1.82) is 0 Å². The predicted molar refractivity (Wildman–Crippen MR) is 76.0 cm³/mol. The number of rotatable bonds is 6. The van der Waals surface area contributed by atoms with Crippen LogP contribution in [-0.2, 0) is 16.1 Å². The molecule has 0 aliphatic carbocycles. The number of hydrogen-bond donors (Lipinski definition) is 2. The van der Waals surface area contributed by atoms with E-state index in [4.69, 9.17) is 9.84 Å². The Kier molecular flexibility index (Phi) is 5.55. The Bertz CT molecular complexity index is 465. The number of thiophene rings is 1. The van der Waals surface area contributed by atoms with Crippen LogP contribution in [0, 0.1) is 0 Å². The highest BCUT2D eigenvalue weighted by atomic mass is 32.1. The number of amides is 1. The lowest BCUT2D eigenvalue weighted by atomic mass is 10.0. The summed E-state index contributed by atoms with van der Waals surface area (Å²) in [6.45, 7) is 1.20. The number of carbonyl (C=O) groups excluding carboxylic acids is 1. The van der Waals surface area contributed by atoms with Gasteiger partial charge in [0, 0.05) is 17.9 Å². The molecule has 2 rings (SSSR count). The molecule has 6 heteroatoms. The molecule has 0 radical (unpaired) electrons. The molecule has 0 aromatic carbocycles. The van der Waals surface area contributed by atoms with Crippen molar-refractivity contribution < 1.29 is 19.4 Å². The monoisotopic (exact) mass is 297 g/mol. The van der Waals surface area contributed by atoms with Gasteiger partial charge in [-0.3, -0.25) is 4.79 Å². The highest BCUT2D eigenvalue weighted by molar-refractivity contribution is 7.13. The fourth-order valence-corrected chi connectivity index (χ4v) is 2.98. The molecular formula is C14H19NO4S. The van der Waals surface area contributed by atoms with Gasteiger partial charge in [-0.1, -0.05) is 0 Å². The third kappa shape index (κ3) is 4.61. The van der Waals surface area contributed by atoms with E-state index in [-0.39, 0.29) is 12.0 Å². The Morgan fingerprint density at radius 3 is 2.90 bits per heavy atom. The van der Waals surface area contributed by atoms with Crippen molar-refractivity contribution in [2.45, 2.75) is 44.8 Å². The Hall–Kier alpha value is -1.40. The number of hydrogen-bond acceptors (Lipinski definition) is 4. The largest absolute Gasteiger partial charge is 0.477 e. The van der Waals surface area contributed by atoms with Crippen molar-refractivity contribution in [2.75, 3.05) is 6.61 Å². The van der Waals surface area contributed by atoms with Crippen molar-refractivity contribution >= 4 is 23.2 Å². The molecule has 1 aromatic heterocycles. The van der Waals surface area contributed by atoms with Crippen molar-refractivity contribution in [1.82, 2.24) is 5.32 Å². The maximum atomic E-state index is 11.7. The van der Waals surface area contributed by atoms with Crippen molar-refractivity contribution in [3.8, 4) is 0 Å². The fourth-order valence-electron chi connectivity index (χ4n) is 2.19. The van der Waals surface area contributed by atoms with Crippen LogP contribution >= 0.6 is 11.3 Å². The van der Waals surface area contributed by atoms with Crippen LogP contribution in [0.3, 0.4) is 0 Å².